The molecule has 0 aliphatic rings. The number of benzene rings is 2. The average Bonchev–Trinajstić information content (AvgIpc) is 2.58. The normalized spacial score (nSPS) is 10.3. The zero-order chi connectivity index (χ0) is 16.9. The third kappa shape index (κ3) is 3.88. The molecule has 1 heterocycles. The molecule has 24 heavy (non-hydrogen) atoms. The third-order valence-electron chi connectivity index (χ3n) is 3.23. The molecule has 0 atom stereocenters. The lowest BCUT2D eigenvalue weighted by atomic mass is 10.3. The van der Waals surface area contributed by atoms with Gasteiger partial charge in [-0.05, 0) is 30.3 Å². The van der Waals surface area contributed by atoms with Crippen LogP contribution < -0.4 is 15.4 Å². The summed E-state index contributed by atoms with van der Waals surface area (Å²) in [5, 5.41) is 7.43. The third-order valence-corrected chi connectivity index (χ3v) is 3.78. The summed E-state index contributed by atoms with van der Waals surface area (Å²) in [7, 11) is 1.62. The highest BCUT2D eigenvalue weighted by Crippen LogP contribution is 2.29. The van der Waals surface area contributed by atoms with Crippen molar-refractivity contribution in [3.05, 3.63) is 64.9 Å². The number of nitrogens with one attached hydrogen (secondary N) is 2. The van der Waals surface area contributed by atoms with Gasteiger partial charge in [-0.1, -0.05) is 35.3 Å². The van der Waals surface area contributed by atoms with Gasteiger partial charge in [-0.15, -0.1) is 0 Å². The molecule has 7 heteroatoms. The van der Waals surface area contributed by atoms with Gasteiger partial charge in [-0.2, -0.15) is 0 Å². The number of hydrogen-bond acceptors (Lipinski definition) is 5. The van der Waals surface area contributed by atoms with Crippen molar-refractivity contribution < 1.29 is 4.74 Å². The van der Waals surface area contributed by atoms with Crippen LogP contribution in [0.1, 0.15) is 0 Å². The molecule has 0 radical (unpaired) electrons. The largest absolute Gasteiger partial charge is 0.495 e. The molecule has 0 fully saturated rings. The van der Waals surface area contributed by atoms with Gasteiger partial charge in [0.05, 0.1) is 23.5 Å². The molecule has 0 saturated heterocycles. The fourth-order valence-corrected chi connectivity index (χ4v) is 2.56. The monoisotopic (exact) mass is 360 g/mol. The summed E-state index contributed by atoms with van der Waals surface area (Å²) in [5.41, 5.74) is 1.53. The highest BCUT2D eigenvalue weighted by Gasteiger charge is 2.06. The van der Waals surface area contributed by atoms with Gasteiger partial charge < -0.3 is 15.4 Å². The van der Waals surface area contributed by atoms with E-state index in [9.17, 15) is 0 Å². The van der Waals surface area contributed by atoms with Crippen LogP contribution >= 0.6 is 23.2 Å². The Morgan fingerprint density at radius 3 is 2.29 bits per heavy atom. The van der Waals surface area contributed by atoms with Gasteiger partial charge in [0.25, 0.3) is 0 Å². The van der Waals surface area contributed by atoms with E-state index in [2.05, 4.69) is 20.6 Å². The summed E-state index contributed by atoms with van der Waals surface area (Å²) in [4.78, 5) is 8.41. The SMILES string of the molecule is COc1ccccc1Nc1cc(Nc2ccc(Cl)cc2Cl)ncn1. The minimum absolute atomic E-state index is 0.514. The molecule has 2 aromatic carbocycles. The lowest BCUT2D eigenvalue weighted by Crippen LogP contribution is -2.00. The van der Waals surface area contributed by atoms with Crippen LogP contribution in [0.4, 0.5) is 23.0 Å². The van der Waals surface area contributed by atoms with E-state index in [1.165, 1.54) is 6.33 Å². The van der Waals surface area contributed by atoms with Crippen molar-refractivity contribution in [3.63, 3.8) is 0 Å². The van der Waals surface area contributed by atoms with Crippen molar-refractivity contribution in [3.8, 4) is 5.75 Å². The quantitative estimate of drug-likeness (QED) is 0.648. The first-order chi connectivity index (χ1) is 11.7. The Morgan fingerprint density at radius 2 is 1.58 bits per heavy atom. The summed E-state index contributed by atoms with van der Waals surface area (Å²) >= 11 is 12.1. The summed E-state index contributed by atoms with van der Waals surface area (Å²) in [6, 6.07) is 14.6. The second kappa shape index (κ2) is 7.38. The molecule has 2 N–H and O–H groups in total. The summed E-state index contributed by atoms with van der Waals surface area (Å²) < 4.78 is 5.32. The molecule has 0 aliphatic heterocycles. The molecule has 3 aromatic rings. The van der Waals surface area contributed by atoms with Crippen molar-refractivity contribution in [2.24, 2.45) is 0 Å². The molecule has 0 unspecified atom stereocenters. The second-order valence-electron chi connectivity index (χ2n) is 4.86. The fraction of sp³-hybridized carbons (Fsp3) is 0.0588. The van der Waals surface area contributed by atoms with Crippen LogP contribution in [-0.2, 0) is 0 Å². The van der Waals surface area contributed by atoms with E-state index in [0.29, 0.717) is 27.4 Å². The lowest BCUT2D eigenvalue weighted by molar-refractivity contribution is 0.417. The molecule has 5 nitrogen and oxygen atoms in total. The van der Waals surface area contributed by atoms with Crippen LogP contribution in [-0.4, -0.2) is 17.1 Å². The van der Waals surface area contributed by atoms with Gasteiger partial charge in [0, 0.05) is 11.1 Å². The van der Waals surface area contributed by atoms with Gasteiger partial charge in [-0.3, -0.25) is 0 Å². The van der Waals surface area contributed by atoms with E-state index in [1.54, 1.807) is 31.4 Å². The van der Waals surface area contributed by atoms with Crippen LogP contribution in [0, 0.1) is 0 Å². The molecular formula is C17H14Cl2N4O. The number of methoxy groups -OCH3 is 1. The Morgan fingerprint density at radius 1 is 0.875 bits per heavy atom. The molecule has 1 aromatic heterocycles. The number of anilines is 4. The minimum atomic E-state index is 0.514. The number of hydrogen-bond donors (Lipinski definition) is 2. The van der Waals surface area contributed by atoms with E-state index < -0.39 is 0 Å². The first-order valence-electron chi connectivity index (χ1n) is 7.10. The van der Waals surface area contributed by atoms with E-state index in [0.717, 1.165) is 11.4 Å². The number of para-hydroxylation sites is 2. The van der Waals surface area contributed by atoms with Gasteiger partial charge in [-0.25, -0.2) is 9.97 Å². The van der Waals surface area contributed by atoms with Crippen LogP contribution in [0.15, 0.2) is 54.9 Å². The molecule has 122 valence electrons. The van der Waals surface area contributed by atoms with Crippen LogP contribution in [0.25, 0.3) is 0 Å². The average molecular weight is 361 g/mol. The highest BCUT2D eigenvalue weighted by atomic mass is 35.5. The van der Waals surface area contributed by atoms with Crippen molar-refractivity contribution >= 4 is 46.2 Å². The maximum Gasteiger partial charge on any atom is 0.142 e. The smallest absolute Gasteiger partial charge is 0.142 e. The predicted octanol–water partition coefficient (Wildman–Crippen LogP) is 5.28. The number of nitrogens with zero attached hydrogens (tertiary/aromatic N) is 2. The van der Waals surface area contributed by atoms with Gasteiger partial charge >= 0.3 is 0 Å². The molecule has 3 rings (SSSR count). The lowest BCUT2D eigenvalue weighted by Gasteiger charge is -2.12. The molecule has 0 amide bonds. The number of aromatic nitrogens is 2. The van der Waals surface area contributed by atoms with E-state index in [4.69, 9.17) is 27.9 Å². The molecule has 0 saturated carbocycles. The van der Waals surface area contributed by atoms with Crippen molar-refractivity contribution in [1.82, 2.24) is 9.97 Å². The van der Waals surface area contributed by atoms with Crippen molar-refractivity contribution in [2.75, 3.05) is 17.7 Å². The molecule has 0 bridgehead atoms. The van der Waals surface area contributed by atoms with E-state index in [1.807, 2.05) is 24.3 Å². The molecule has 0 aliphatic carbocycles. The zero-order valence-electron chi connectivity index (χ0n) is 12.8. The van der Waals surface area contributed by atoms with E-state index in [-0.39, 0.29) is 0 Å². The first kappa shape index (κ1) is 16.4. The maximum atomic E-state index is 6.17. The summed E-state index contributed by atoms with van der Waals surface area (Å²) in [5.74, 6) is 1.96. The van der Waals surface area contributed by atoms with Crippen molar-refractivity contribution in [1.29, 1.82) is 0 Å². The zero-order valence-corrected chi connectivity index (χ0v) is 14.3. The standard InChI is InChI=1S/C17H14Cl2N4O/c1-24-15-5-3-2-4-14(15)23-17-9-16(20-10-21-17)22-13-7-6-11(18)8-12(13)19/h2-10H,1H3,(H2,20,21,22,23). The summed E-state index contributed by atoms with van der Waals surface area (Å²) in [6.07, 6.45) is 1.46. The number of ether oxygens (including phenoxy) is 1. The van der Waals surface area contributed by atoms with Gasteiger partial charge in [0.1, 0.15) is 23.7 Å². The van der Waals surface area contributed by atoms with Crippen LogP contribution in [0.3, 0.4) is 0 Å². The minimum Gasteiger partial charge on any atom is -0.495 e. The Hall–Kier alpha value is -2.50. The highest BCUT2D eigenvalue weighted by molar-refractivity contribution is 6.36. The Kier molecular flexibility index (Phi) is 5.03. The van der Waals surface area contributed by atoms with Gasteiger partial charge in [0.15, 0.2) is 0 Å². The van der Waals surface area contributed by atoms with E-state index >= 15 is 0 Å². The van der Waals surface area contributed by atoms with Gasteiger partial charge in [0.2, 0.25) is 0 Å². The second-order valence-corrected chi connectivity index (χ2v) is 5.71. The first-order valence-corrected chi connectivity index (χ1v) is 7.85. The summed E-state index contributed by atoms with van der Waals surface area (Å²) in [6.45, 7) is 0. The van der Waals surface area contributed by atoms with Crippen LogP contribution in [0.5, 0.6) is 5.75 Å². The predicted molar refractivity (Wildman–Crippen MR) is 98.1 cm³/mol. The number of halogens is 2. The fourth-order valence-electron chi connectivity index (χ4n) is 2.11. The maximum absolute atomic E-state index is 6.17. The topological polar surface area (TPSA) is 59.1 Å². The Labute approximate surface area is 149 Å². The Bertz CT molecular complexity index is 857. The van der Waals surface area contributed by atoms with Crippen molar-refractivity contribution in [2.45, 2.75) is 0 Å². The molecular weight excluding hydrogens is 347 g/mol. The molecule has 0 spiro atoms. The number of rotatable bonds is 5. The Balaban J connectivity index is 1.81. The van der Waals surface area contributed by atoms with Crippen LogP contribution in [0.2, 0.25) is 10.0 Å².